The summed E-state index contributed by atoms with van der Waals surface area (Å²) in [6.07, 6.45) is 6.68. The van der Waals surface area contributed by atoms with Crippen LogP contribution in [0.15, 0.2) is 24.3 Å². The Balaban J connectivity index is 1.81. The van der Waals surface area contributed by atoms with Crippen LogP contribution in [0.4, 0.5) is 4.39 Å². The summed E-state index contributed by atoms with van der Waals surface area (Å²) in [4.78, 5) is 0. The van der Waals surface area contributed by atoms with E-state index in [2.05, 4.69) is 18.3 Å². The SMILES string of the molecule is CCCNC(c1cccc(F)c1)C1CC2CCC1C2. The zero-order valence-electron chi connectivity index (χ0n) is 11.7. The van der Waals surface area contributed by atoms with Gasteiger partial charge in [0.25, 0.3) is 0 Å². The van der Waals surface area contributed by atoms with Gasteiger partial charge in [-0.25, -0.2) is 4.39 Å². The number of halogens is 1. The molecule has 4 unspecified atom stereocenters. The predicted molar refractivity (Wildman–Crippen MR) is 76.4 cm³/mol. The highest BCUT2D eigenvalue weighted by molar-refractivity contribution is 5.22. The van der Waals surface area contributed by atoms with Crippen molar-refractivity contribution in [2.45, 2.75) is 45.1 Å². The number of nitrogens with one attached hydrogen (secondary N) is 1. The van der Waals surface area contributed by atoms with Crippen molar-refractivity contribution in [2.24, 2.45) is 17.8 Å². The van der Waals surface area contributed by atoms with Gasteiger partial charge in [-0.3, -0.25) is 0 Å². The molecule has 4 atom stereocenters. The Bertz CT molecular complexity index is 431. The first-order valence-corrected chi connectivity index (χ1v) is 7.76. The second kappa shape index (κ2) is 5.62. The summed E-state index contributed by atoms with van der Waals surface area (Å²) in [5, 5.41) is 3.67. The Morgan fingerprint density at radius 1 is 1.32 bits per heavy atom. The Morgan fingerprint density at radius 2 is 2.21 bits per heavy atom. The fourth-order valence-electron chi connectivity index (χ4n) is 4.22. The van der Waals surface area contributed by atoms with E-state index in [4.69, 9.17) is 0 Å². The van der Waals surface area contributed by atoms with Gasteiger partial charge in [0.05, 0.1) is 0 Å². The zero-order chi connectivity index (χ0) is 13.2. The van der Waals surface area contributed by atoms with Crippen LogP contribution in [0.25, 0.3) is 0 Å². The van der Waals surface area contributed by atoms with Gasteiger partial charge in [-0.2, -0.15) is 0 Å². The van der Waals surface area contributed by atoms with Gasteiger partial charge in [-0.1, -0.05) is 25.5 Å². The summed E-state index contributed by atoms with van der Waals surface area (Å²) in [6, 6.07) is 7.55. The highest BCUT2D eigenvalue weighted by atomic mass is 19.1. The second-order valence-corrected chi connectivity index (χ2v) is 6.33. The van der Waals surface area contributed by atoms with Crippen LogP contribution >= 0.6 is 0 Å². The van der Waals surface area contributed by atoms with Crippen molar-refractivity contribution in [3.63, 3.8) is 0 Å². The molecule has 0 saturated heterocycles. The van der Waals surface area contributed by atoms with E-state index in [9.17, 15) is 4.39 Å². The molecule has 2 bridgehead atoms. The first kappa shape index (κ1) is 13.1. The van der Waals surface area contributed by atoms with Crippen LogP contribution in [-0.2, 0) is 0 Å². The molecule has 0 radical (unpaired) electrons. The van der Waals surface area contributed by atoms with Crippen LogP contribution in [0.2, 0.25) is 0 Å². The molecule has 0 aromatic heterocycles. The highest BCUT2D eigenvalue weighted by Crippen LogP contribution is 2.52. The van der Waals surface area contributed by atoms with Gasteiger partial charge in [0.1, 0.15) is 5.82 Å². The molecule has 1 aromatic rings. The topological polar surface area (TPSA) is 12.0 Å². The lowest BCUT2D eigenvalue weighted by atomic mass is 9.80. The average molecular weight is 261 g/mol. The average Bonchev–Trinajstić information content (AvgIpc) is 3.02. The van der Waals surface area contributed by atoms with Crippen molar-refractivity contribution in [3.8, 4) is 0 Å². The van der Waals surface area contributed by atoms with Gasteiger partial charge in [0.15, 0.2) is 0 Å². The van der Waals surface area contributed by atoms with Crippen LogP contribution < -0.4 is 5.32 Å². The minimum atomic E-state index is -0.107. The molecule has 0 aliphatic heterocycles. The largest absolute Gasteiger partial charge is 0.310 e. The molecule has 3 rings (SSSR count). The van der Waals surface area contributed by atoms with E-state index in [0.717, 1.165) is 30.4 Å². The Kier molecular flexibility index (Phi) is 3.88. The van der Waals surface area contributed by atoms with E-state index in [0.29, 0.717) is 12.0 Å². The number of fused-ring (bicyclic) bond motifs is 2. The Labute approximate surface area is 115 Å². The van der Waals surface area contributed by atoms with Crippen molar-refractivity contribution in [2.75, 3.05) is 6.54 Å². The third-order valence-electron chi connectivity index (χ3n) is 5.04. The molecule has 19 heavy (non-hydrogen) atoms. The van der Waals surface area contributed by atoms with E-state index >= 15 is 0 Å². The monoisotopic (exact) mass is 261 g/mol. The van der Waals surface area contributed by atoms with Gasteiger partial charge in [-0.15, -0.1) is 0 Å². The Morgan fingerprint density at radius 3 is 2.84 bits per heavy atom. The zero-order valence-corrected chi connectivity index (χ0v) is 11.7. The summed E-state index contributed by atoms with van der Waals surface area (Å²) in [5.41, 5.74) is 1.14. The quantitative estimate of drug-likeness (QED) is 0.833. The van der Waals surface area contributed by atoms with E-state index in [-0.39, 0.29) is 5.82 Å². The minimum Gasteiger partial charge on any atom is -0.310 e. The van der Waals surface area contributed by atoms with Crippen LogP contribution in [0, 0.1) is 23.6 Å². The van der Waals surface area contributed by atoms with E-state index in [1.165, 1.54) is 25.7 Å². The lowest BCUT2D eigenvalue weighted by Gasteiger charge is -2.32. The van der Waals surface area contributed by atoms with Gasteiger partial charge >= 0.3 is 0 Å². The molecule has 2 aliphatic rings. The molecule has 1 nitrogen and oxygen atoms in total. The van der Waals surface area contributed by atoms with Crippen LogP contribution in [-0.4, -0.2) is 6.54 Å². The molecular formula is C17H24FN. The van der Waals surface area contributed by atoms with Gasteiger partial charge in [0.2, 0.25) is 0 Å². The van der Waals surface area contributed by atoms with Crippen molar-refractivity contribution in [1.82, 2.24) is 5.32 Å². The maximum absolute atomic E-state index is 13.5. The molecule has 104 valence electrons. The normalized spacial score (nSPS) is 30.7. The fraction of sp³-hybridized carbons (Fsp3) is 0.647. The molecule has 0 amide bonds. The maximum Gasteiger partial charge on any atom is 0.123 e. The summed E-state index contributed by atoms with van der Waals surface area (Å²) in [6.45, 7) is 3.21. The van der Waals surface area contributed by atoms with Crippen molar-refractivity contribution >= 4 is 0 Å². The number of hydrogen-bond donors (Lipinski definition) is 1. The summed E-state index contributed by atoms with van der Waals surface area (Å²) < 4.78 is 13.5. The molecular weight excluding hydrogens is 237 g/mol. The molecule has 0 spiro atoms. The smallest absolute Gasteiger partial charge is 0.123 e. The molecule has 2 fully saturated rings. The Hall–Kier alpha value is -0.890. The molecule has 2 saturated carbocycles. The molecule has 0 heterocycles. The van der Waals surface area contributed by atoms with Crippen LogP contribution in [0.5, 0.6) is 0 Å². The molecule has 2 aliphatic carbocycles. The van der Waals surface area contributed by atoms with E-state index in [1.807, 2.05) is 6.07 Å². The number of benzene rings is 1. The third-order valence-corrected chi connectivity index (χ3v) is 5.04. The second-order valence-electron chi connectivity index (χ2n) is 6.33. The first-order valence-electron chi connectivity index (χ1n) is 7.76. The van der Waals surface area contributed by atoms with Crippen molar-refractivity contribution < 1.29 is 4.39 Å². The molecule has 1 aromatic carbocycles. The third kappa shape index (κ3) is 2.69. The lowest BCUT2D eigenvalue weighted by Crippen LogP contribution is -2.32. The minimum absolute atomic E-state index is 0.107. The summed E-state index contributed by atoms with van der Waals surface area (Å²) >= 11 is 0. The van der Waals surface area contributed by atoms with Crippen molar-refractivity contribution in [1.29, 1.82) is 0 Å². The van der Waals surface area contributed by atoms with E-state index < -0.39 is 0 Å². The fourth-order valence-corrected chi connectivity index (χ4v) is 4.22. The highest BCUT2D eigenvalue weighted by Gasteiger charge is 2.43. The summed E-state index contributed by atoms with van der Waals surface area (Å²) in [7, 11) is 0. The summed E-state index contributed by atoms with van der Waals surface area (Å²) in [5.74, 6) is 2.41. The molecule has 1 N–H and O–H groups in total. The predicted octanol–water partition coefficient (Wildman–Crippen LogP) is 4.30. The lowest BCUT2D eigenvalue weighted by molar-refractivity contribution is 0.250. The van der Waals surface area contributed by atoms with Crippen molar-refractivity contribution in [3.05, 3.63) is 35.6 Å². The van der Waals surface area contributed by atoms with E-state index in [1.54, 1.807) is 12.1 Å². The van der Waals surface area contributed by atoms with Gasteiger partial charge < -0.3 is 5.32 Å². The number of hydrogen-bond acceptors (Lipinski definition) is 1. The maximum atomic E-state index is 13.5. The standard InChI is InChI=1S/C17H24FN/c1-2-8-19-17(14-4-3-5-15(18)11-14)16-10-12-6-7-13(16)9-12/h3-5,11-13,16-17,19H,2,6-10H2,1H3. The number of rotatable bonds is 5. The van der Waals surface area contributed by atoms with Gasteiger partial charge in [0, 0.05) is 6.04 Å². The van der Waals surface area contributed by atoms with Crippen LogP contribution in [0.1, 0.15) is 50.6 Å². The first-order chi connectivity index (χ1) is 9.28. The van der Waals surface area contributed by atoms with Gasteiger partial charge in [-0.05, 0) is 67.7 Å². The van der Waals surface area contributed by atoms with Crippen LogP contribution in [0.3, 0.4) is 0 Å². The molecule has 2 heteroatoms.